The first-order valence-corrected chi connectivity index (χ1v) is 10.6. The van der Waals surface area contributed by atoms with E-state index in [1.807, 2.05) is 49.4 Å². The molecule has 0 spiro atoms. The van der Waals surface area contributed by atoms with E-state index in [1.165, 1.54) is 11.3 Å². The van der Waals surface area contributed by atoms with Gasteiger partial charge in [0, 0.05) is 36.9 Å². The Hall–Kier alpha value is -2.19. The van der Waals surface area contributed by atoms with Gasteiger partial charge in [0.25, 0.3) is 5.91 Å². The number of hydrogen-bond donors (Lipinski definition) is 2. The monoisotopic (exact) mass is 431 g/mol. The standard InChI is InChI=1S/C21H22ClN3O3S/c1-13-6-7-14(22)12-16(13)24-8-10-25(11-9-24)21(28)19(27)18(26)20-23-15-4-2-3-5-17(15)29-20/h2-7,12,18-19,26-27H,8-11H2,1H3. The molecule has 0 aliphatic carbocycles. The van der Waals surface area contributed by atoms with Crippen molar-refractivity contribution in [1.29, 1.82) is 0 Å². The maximum atomic E-state index is 12.7. The summed E-state index contributed by atoms with van der Waals surface area (Å²) in [4.78, 5) is 20.9. The Morgan fingerprint density at radius 2 is 1.86 bits per heavy atom. The molecule has 152 valence electrons. The van der Waals surface area contributed by atoms with Gasteiger partial charge < -0.3 is 20.0 Å². The molecule has 1 aliphatic heterocycles. The molecule has 3 aromatic rings. The lowest BCUT2D eigenvalue weighted by Crippen LogP contribution is -2.52. The zero-order valence-electron chi connectivity index (χ0n) is 16.0. The highest BCUT2D eigenvalue weighted by Gasteiger charge is 2.33. The number of halogens is 1. The third-order valence-electron chi connectivity index (χ3n) is 5.22. The number of aliphatic hydroxyl groups excluding tert-OH is 2. The summed E-state index contributed by atoms with van der Waals surface area (Å²) in [5.74, 6) is -0.473. The van der Waals surface area contributed by atoms with E-state index in [0.717, 1.165) is 21.5 Å². The van der Waals surface area contributed by atoms with E-state index in [9.17, 15) is 15.0 Å². The van der Waals surface area contributed by atoms with Crippen LogP contribution in [0.5, 0.6) is 0 Å². The van der Waals surface area contributed by atoms with Crippen LogP contribution in [0, 0.1) is 6.92 Å². The van der Waals surface area contributed by atoms with Gasteiger partial charge in [-0.05, 0) is 36.8 Å². The van der Waals surface area contributed by atoms with E-state index in [2.05, 4.69) is 9.88 Å². The van der Waals surface area contributed by atoms with Crippen LogP contribution in [-0.2, 0) is 4.79 Å². The molecule has 0 radical (unpaired) electrons. The first-order valence-electron chi connectivity index (χ1n) is 9.45. The number of para-hydroxylation sites is 1. The van der Waals surface area contributed by atoms with Crippen LogP contribution in [0.4, 0.5) is 5.69 Å². The summed E-state index contributed by atoms with van der Waals surface area (Å²) in [5, 5.41) is 22.0. The molecule has 1 fully saturated rings. The third-order valence-corrected chi connectivity index (χ3v) is 6.56. The van der Waals surface area contributed by atoms with Crippen molar-refractivity contribution < 1.29 is 15.0 Å². The topological polar surface area (TPSA) is 76.9 Å². The number of benzene rings is 2. The Morgan fingerprint density at radius 1 is 1.14 bits per heavy atom. The van der Waals surface area contributed by atoms with Crippen LogP contribution >= 0.6 is 22.9 Å². The maximum absolute atomic E-state index is 12.7. The molecule has 8 heteroatoms. The van der Waals surface area contributed by atoms with Crippen molar-refractivity contribution in [3.63, 3.8) is 0 Å². The zero-order chi connectivity index (χ0) is 20.5. The minimum absolute atomic E-state index is 0.347. The molecule has 4 rings (SSSR count). The summed E-state index contributed by atoms with van der Waals surface area (Å²) in [5.41, 5.74) is 2.93. The molecule has 1 aliphatic rings. The molecule has 1 saturated heterocycles. The van der Waals surface area contributed by atoms with Crippen molar-refractivity contribution in [2.24, 2.45) is 0 Å². The van der Waals surface area contributed by atoms with Crippen molar-refractivity contribution in [2.45, 2.75) is 19.1 Å². The summed E-state index contributed by atoms with van der Waals surface area (Å²) in [7, 11) is 0. The molecule has 1 amide bonds. The summed E-state index contributed by atoms with van der Waals surface area (Å²) in [6, 6.07) is 13.3. The number of aryl methyl sites for hydroxylation is 1. The minimum atomic E-state index is -1.53. The molecule has 29 heavy (non-hydrogen) atoms. The Balaban J connectivity index is 1.41. The fraction of sp³-hybridized carbons (Fsp3) is 0.333. The van der Waals surface area contributed by atoms with Gasteiger partial charge in [0.15, 0.2) is 6.10 Å². The average Bonchev–Trinajstić information content (AvgIpc) is 3.18. The Bertz CT molecular complexity index is 1000. The molecule has 2 heterocycles. The fourth-order valence-corrected chi connectivity index (χ4v) is 4.71. The van der Waals surface area contributed by atoms with Gasteiger partial charge in [-0.15, -0.1) is 11.3 Å². The van der Waals surface area contributed by atoms with Gasteiger partial charge in [0.2, 0.25) is 0 Å². The molecular weight excluding hydrogens is 410 g/mol. The number of thiazole rings is 1. The molecule has 6 nitrogen and oxygen atoms in total. The molecular formula is C21H22ClN3O3S. The Kier molecular flexibility index (Phi) is 5.74. The van der Waals surface area contributed by atoms with E-state index < -0.39 is 18.1 Å². The van der Waals surface area contributed by atoms with Crippen LogP contribution in [0.3, 0.4) is 0 Å². The second kappa shape index (κ2) is 8.28. The maximum Gasteiger partial charge on any atom is 0.254 e. The summed E-state index contributed by atoms with van der Waals surface area (Å²) in [6.45, 7) is 4.23. The molecule has 0 bridgehead atoms. The van der Waals surface area contributed by atoms with Crippen LogP contribution < -0.4 is 4.90 Å². The van der Waals surface area contributed by atoms with Gasteiger partial charge >= 0.3 is 0 Å². The van der Waals surface area contributed by atoms with Crippen LogP contribution in [0.15, 0.2) is 42.5 Å². The van der Waals surface area contributed by atoms with Crippen molar-refractivity contribution in [3.05, 3.63) is 58.1 Å². The fourth-order valence-electron chi connectivity index (χ4n) is 3.56. The minimum Gasteiger partial charge on any atom is -0.383 e. The summed E-state index contributed by atoms with van der Waals surface area (Å²) >= 11 is 7.41. The predicted molar refractivity (Wildman–Crippen MR) is 116 cm³/mol. The van der Waals surface area contributed by atoms with Crippen molar-refractivity contribution in [1.82, 2.24) is 9.88 Å². The number of piperazine rings is 1. The highest BCUT2D eigenvalue weighted by molar-refractivity contribution is 7.18. The van der Waals surface area contributed by atoms with Gasteiger partial charge in [-0.3, -0.25) is 4.79 Å². The number of carbonyl (C=O) groups excluding carboxylic acids is 1. The molecule has 2 unspecified atom stereocenters. The molecule has 0 saturated carbocycles. The normalized spacial score (nSPS) is 16.8. The van der Waals surface area contributed by atoms with E-state index in [4.69, 9.17) is 11.6 Å². The summed E-state index contributed by atoms with van der Waals surface area (Å²) < 4.78 is 0.909. The van der Waals surface area contributed by atoms with Gasteiger partial charge in [-0.1, -0.05) is 29.8 Å². The first kappa shape index (κ1) is 20.1. The van der Waals surface area contributed by atoms with E-state index in [0.29, 0.717) is 36.2 Å². The van der Waals surface area contributed by atoms with E-state index in [1.54, 1.807) is 4.90 Å². The smallest absolute Gasteiger partial charge is 0.254 e. The number of aliphatic hydroxyl groups is 2. The average molecular weight is 432 g/mol. The van der Waals surface area contributed by atoms with Crippen molar-refractivity contribution >= 4 is 44.7 Å². The van der Waals surface area contributed by atoms with E-state index >= 15 is 0 Å². The highest BCUT2D eigenvalue weighted by atomic mass is 35.5. The van der Waals surface area contributed by atoms with Gasteiger partial charge in [0.1, 0.15) is 11.1 Å². The first-order chi connectivity index (χ1) is 13.9. The number of hydrogen-bond acceptors (Lipinski definition) is 6. The number of nitrogens with zero attached hydrogens (tertiary/aromatic N) is 3. The van der Waals surface area contributed by atoms with Crippen LogP contribution in [0.2, 0.25) is 5.02 Å². The Morgan fingerprint density at radius 3 is 2.59 bits per heavy atom. The van der Waals surface area contributed by atoms with E-state index in [-0.39, 0.29) is 0 Å². The lowest BCUT2D eigenvalue weighted by molar-refractivity contribution is -0.146. The number of fused-ring (bicyclic) bond motifs is 1. The number of aromatic nitrogens is 1. The van der Waals surface area contributed by atoms with Crippen molar-refractivity contribution in [2.75, 3.05) is 31.1 Å². The SMILES string of the molecule is Cc1ccc(Cl)cc1N1CCN(C(=O)C(O)C(O)c2nc3ccccc3s2)CC1. The van der Waals surface area contributed by atoms with Crippen LogP contribution in [0.25, 0.3) is 10.2 Å². The largest absolute Gasteiger partial charge is 0.383 e. The number of rotatable bonds is 4. The van der Waals surface area contributed by atoms with Crippen LogP contribution in [0.1, 0.15) is 16.7 Å². The molecule has 2 atom stereocenters. The van der Waals surface area contributed by atoms with Gasteiger partial charge in [-0.25, -0.2) is 4.98 Å². The zero-order valence-corrected chi connectivity index (χ0v) is 17.5. The third kappa shape index (κ3) is 4.09. The number of amides is 1. The van der Waals surface area contributed by atoms with Crippen molar-refractivity contribution in [3.8, 4) is 0 Å². The number of anilines is 1. The Labute approximate surface area is 178 Å². The van der Waals surface area contributed by atoms with Gasteiger partial charge in [0.05, 0.1) is 10.2 Å². The lowest BCUT2D eigenvalue weighted by Gasteiger charge is -2.38. The molecule has 2 N–H and O–H groups in total. The number of carbonyl (C=O) groups is 1. The highest BCUT2D eigenvalue weighted by Crippen LogP contribution is 2.29. The molecule has 1 aromatic heterocycles. The predicted octanol–water partition coefficient (Wildman–Crippen LogP) is 3.00. The second-order valence-corrected chi connectivity index (χ2v) is 8.65. The van der Waals surface area contributed by atoms with Gasteiger partial charge in [-0.2, -0.15) is 0 Å². The molecule has 2 aromatic carbocycles. The summed E-state index contributed by atoms with van der Waals surface area (Å²) in [6.07, 6.45) is -2.87. The lowest BCUT2D eigenvalue weighted by atomic mass is 10.1. The second-order valence-electron chi connectivity index (χ2n) is 7.15. The quantitative estimate of drug-likeness (QED) is 0.664. The van der Waals surface area contributed by atoms with Crippen LogP contribution in [-0.4, -0.2) is 58.3 Å².